The maximum absolute atomic E-state index is 14.4. The Morgan fingerprint density at radius 3 is 2.35 bits per heavy atom. The van der Waals surface area contributed by atoms with Crippen LogP contribution in [0.15, 0.2) is 65.8 Å². The standard InChI is InChI=1S/C37H48N4O6S/c1-28-24-33(45-3)25-29(2)36(28)48(43,44)41-32(11-10-30-8-4-5-9-34(30)41)26-46-27-35(42)40-20-14-37(15-21-40,31-12-16-38-17-13-31)47-23-22-39-18-6-7-19-39/h4-5,8-9,12-13,16-17,24-25,32H,6-7,10-11,14-15,18-23,26-27H2,1-3H3. The summed E-state index contributed by atoms with van der Waals surface area (Å²) in [5, 5.41) is 0. The van der Waals surface area contributed by atoms with Crippen LogP contribution in [-0.4, -0.2) is 94.8 Å². The van der Waals surface area contributed by atoms with Gasteiger partial charge in [-0.15, -0.1) is 0 Å². The highest BCUT2D eigenvalue weighted by Gasteiger charge is 2.40. The van der Waals surface area contributed by atoms with Crippen LogP contribution in [0.5, 0.6) is 5.75 Å². The number of rotatable bonds is 12. The van der Waals surface area contributed by atoms with Gasteiger partial charge in [-0.3, -0.25) is 14.1 Å². The second-order valence-corrected chi connectivity index (χ2v) is 15.0. The van der Waals surface area contributed by atoms with Crippen LogP contribution in [0.4, 0.5) is 5.69 Å². The molecule has 6 rings (SSSR count). The summed E-state index contributed by atoms with van der Waals surface area (Å²) in [6.07, 6.45) is 8.80. The van der Waals surface area contributed by atoms with E-state index in [4.69, 9.17) is 14.2 Å². The molecule has 11 heteroatoms. The minimum absolute atomic E-state index is 0.0946. The van der Waals surface area contributed by atoms with Crippen molar-refractivity contribution in [2.45, 2.75) is 68.9 Å². The number of fused-ring (bicyclic) bond motifs is 1. The molecular weight excluding hydrogens is 628 g/mol. The molecule has 3 aliphatic rings. The molecule has 4 heterocycles. The summed E-state index contributed by atoms with van der Waals surface area (Å²) in [5.74, 6) is 0.522. The van der Waals surface area contributed by atoms with Crippen LogP contribution in [0, 0.1) is 13.8 Å². The first-order chi connectivity index (χ1) is 23.2. The van der Waals surface area contributed by atoms with Gasteiger partial charge in [0.2, 0.25) is 5.91 Å². The molecule has 2 fully saturated rings. The summed E-state index contributed by atoms with van der Waals surface area (Å²) in [6.45, 7) is 8.54. The number of hydrogen-bond donors (Lipinski definition) is 0. The van der Waals surface area contributed by atoms with Crippen molar-refractivity contribution in [1.82, 2.24) is 14.8 Å². The zero-order chi connectivity index (χ0) is 33.7. The molecule has 3 aliphatic heterocycles. The van der Waals surface area contributed by atoms with E-state index < -0.39 is 21.7 Å². The molecule has 3 aromatic rings. The van der Waals surface area contributed by atoms with Gasteiger partial charge in [-0.05, 0) is 118 Å². The number of likely N-dealkylation sites (tertiary alicyclic amines) is 2. The van der Waals surface area contributed by atoms with Gasteiger partial charge in [-0.2, -0.15) is 0 Å². The van der Waals surface area contributed by atoms with Crippen LogP contribution in [-0.2, 0) is 36.3 Å². The van der Waals surface area contributed by atoms with Crippen molar-refractivity contribution < 1.29 is 27.4 Å². The number of para-hydroxylation sites is 1. The van der Waals surface area contributed by atoms with Gasteiger partial charge in [0.25, 0.3) is 10.0 Å². The lowest BCUT2D eigenvalue weighted by Gasteiger charge is -2.42. The topological polar surface area (TPSA) is 102 Å². The van der Waals surface area contributed by atoms with E-state index >= 15 is 0 Å². The normalized spacial score (nSPS) is 19.7. The van der Waals surface area contributed by atoms with E-state index in [1.54, 1.807) is 45.5 Å². The number of piperidine rings is 1. The number of carbonyl (C=O) groups is 1. The predicted molar refractivity (Wildman–Crippen MR) is 185 cm³/mol. The first-order valence-corrected chi connectivity index (χ1v) is 18.6. The maximum atomic E-state index is 14.4. The molecule has 48 heavy (non-hydrogen) atoms. The van der Waals surface area contributed by atoms with E-state index in [2.05, 4.69) is 9.88 Å². The smallest absolute Gasteiger partial charge is 0.265 e. The lowest BCUT2D eigenvalue weighted by molar-refractivity contribution is -0.144. The number of anilines is 1. The molecule has 0 spiro atoms. The molecule has 0 bridgehead atoms. The van der Waals surface area contributed by atoms with Gasteiger partial charge in [-0.25, -0.2) is 8.42 Å². The average Bonchev–Trinajstić information content (AvgIpc) is 3.62. The van der Waals surface area contributed by atoms with Crippen LogP contribution in [0.1, 0.15) is 54.4 Å². The third-order valence-electron chi connectivity index (χ3n) is 10.1. The lowest BCUT2D eigenvalue weighted by atomic mass is 9.84. The van der Waals surface area contributed by atoms with E-state index in [-0.39, 0.29) is 24.0 Å². The van der Waals surface area contributed by atoms with E-state index in [9.17, 15) is 13.2 Å². The van der Waals surface area contributed by atoms with Crippen molar-refractivity contribution in [3.05, 3.63) is 83.2 Å². The molecule has 0 saturated carbocycles. The Labute approximate surface area is 285 Å². The predicted octanol–water partition coefficient (Wildman–Crippen LogP) is 4.86. The monoisotopic (exact) mass is 676 g/mol. The molecule has 1 amide bonds. The SMILES string of the molecule is COc1cc(C)c(S(=O)(=O)N2c3ccccc3CCC2COCC(=O)N2CCC(OCCN3CCCC3)(c3ccncc3)CC2)c(C)c1. The number of aromatic nitrogens is 1. The number of hydrogen-bond acceptors (Lipinski definition) is 8. The molecular formula is C37H48N4O6S. The van der Waals surface area contributed by atoms with E-state index in [1.807, 2.05) is 41.3 Å². The first kappa shape index (κ1) is 34.4. The largest absolute Gasteiger partial charge is 0.497 e. The Kier molecular flexibility index (Phi) is 10.7. The highest BCUT2D eigenvalue weighted by Crippen LogP contribution is 2.39. The second-order valence-electron chi connectivity index (χ2n) is 13.2. The lowest BCUT2D eigenvalue weighted by Crippen LogP contribution is -2.49. The molecule has 1 aromatic heterocycles. The average molecular weight is 677 g/mol. The second kappa shape index (κ2) is 14.9. The van der Waals surface area contributed by atoms with Gasteiger partial charge in [0, 0.05) is 32.0 Å². The Bertz CT molecular complexity index is 1650. The first-order valence-electron chi connectivity index (χ1n) is 17.1. The fourth-order valence-electron chi connectivity index (χ4n) is 7.62. The maximum Gasteiger partial charge on any atom is 0.265 e. The third kappa shape index (κ3) is 7.24. The number of ether oxygens (including phenoxy) is 3. The highest BCUT2D eigenvalue weighted by molar-refractivity contribution is 7.93. The Hall–Kier alpha value is -3.51. The molecule has 0 N–H and O–H groups in total. The van der Waals surface area contributed by atoms with Gasteiger partial charge in [0.1, 0.15) is 12.4 Å². The quantitative estimate of drug-likeness (QED) is 0.268. The number of carbonyl (C=O) groups excluding carboxylic acids is 1. The summed E-state index contributed by atoms with van der Waals surface area (Å²) in [4.78, 5) is 22.2. The summed E-state index contributed by atoms with van der Waals surface area (Å²) in [7, 11) is -2.38. The Morgan fingerprint density at radius 1 is 0.979 bits per heavy atom. The molecule has 2 aromatic carbocycles. The van der Waals surface area contributed by atoms with Crippen molar-refractivity contribution in [2.24, 2.45) is 0 Å². The number of aryl methyl sites for hydroxylation is 3. The summed E-state index contributed by atoms with van der Waals surface area (Å²) >= 11 is 0. The number of sulfonamides is 1. The van der Waals surface area contributed by atoms with Gasteiger partial charge < -0.3 is 24.0 Å². The van der Waals surface area contributed by atoms with Crippen LogP contribution in [0.25, 0.3) is 0 Å². The highest BCUT2D eigenvalue weighted by atomic mass is 32.2. The molecule has 0 aliphatic carbocycles. The number of nitrogens with zero attached hydrogens (tertiary/aromatic N) is 4. The minimum atomic E-state index is -3.95. The fraction of sp³-hybridized carbons (Fsp3) is 0.514. The van der Waals surface area contributed by atoms with E-state index in [0.717, 1.165) is 37.2 Å². The Balaban J connectivity index is 1.11. The van der Waals surface area contributed by atoms with Crippen molar-refractivity contribution in [1.29, 1.82) is 0 Å². The molecule has 258 valence electrons. The number of methoxy groups -OCH3 is 1. The molecule has 2 saturated heterocycles. The number of pyridine rings is 1. The van der Waals surface area contributed by atoms with Gasteiger partial charge in [0.05, 0.1) is 42.5 Å². The zero-order valence-corrected chi connectivity index (χ0v) is 29.2. The Morgan fingerprint density at radius 2 is 1.67 bits per heavy atom. The third-order valence-corrected chi connectivity index (χ3v) is 12.3. The number of amides is 1. The molecule has 10 nitrogen and oxygen atoms in total. The van der Waals surface area contributed by atoms with E-state index in [0.29, 0.717) is 61.5 Å². The van der Waals surface area contributed by atoms with Crippen molar-refractivity contribution in [3.63, 3.8) is 0 Å². The summed E-state index contributed by atoms with van der Waals surface area (Å²) in [6, 6.07) is 14.7. The van der Waals surface area contributed by atoms with Gasteiger partial charge in [0.15, 0.2) is 0 Å². The van der Waals surface area contributed by atoms with Gasteiger partial charge >= 0.3 is 0 Å². The van der Waals surface area contributed by atoms with Crippen molar-refractivity contribution >= 4 is 21.6 Å². The van der Waals surface area contributed by atoms with E-state index in [1.165, 1.54) is 17.1 Å². The van der Waals surface area contributed by atoms with Crippen LogP contribution in [0.2, 0.25) is 0 Å². The minimum Gasteiger partial charge on any atom is -0.497 e. The number of benzene rings is 2. The van der Waals surface area contributed by atoms with Crippen LogP contribution >= 0.6 is 0 Å². The molecule has 0 radical (unpaired) electrons. The fourth-order valence-corrected chi connectivity index (χ4v) is 9.75. The zero-order valence-electron chi connectivity index (χ0n) is 28.4. The van der Waals surface area contributed by atoms with Crippen molar-refractivity contribution in [2.75, 3.05) is 64.0 Å². The van der Waals surface area contributed by atoms with Crippen LogP contribution < -0.4 is 9.04 Å². The van der Waals surface area contributed by atoms with Gasteiger partial charge in [-0.1, -0.05) is 18.2 Å². The summed E-state index contributed by atoms with van der Waals surface area (Å²) < 4.78 is 48.4. The molecule has 1 unspecified atom stereocenters. The molecule has 1 atom stereocenters. The summed E-state index contributed by atoms with van der Waals surface area (Å²) in [5.41, 5.74) is 3.53. The van der Waals surface area contributed by atoms with Crippen LogP contribution in [0.3, 0.4) is 0 Å². The van der Waals surface area contributed by atoms with Crippen molar-refractivity contribution in [3.8, 4) is 5.75 Å².